The van der Waals surface area contributed by atoms with Crippen molar-refractivity contribution in [2.24, 2.45) is 11.8 Å². The Morgan fingerprint density at radius 3 is 2.65 bits per heavy atom. The van der Waals surface area contributed by atoms with Crippen LogP contribution in [0, 0.1) is 11.8 Å². The highest BCUT2D eigenvalue weighted by Crippen LogP contribution is 2.34. The molecule has 1 fully saturated rings. The van der Waals surface area contributed by atoms with E-state index in [0.29, 0.717) is 0 Å². The van der Waals surface area contributed by atoms with Crippen molar-refractivity contribution in [2.45, 2.75) is 64.8 Å². The predicted molar refractivity (Wildman–Crippen MR) is 88.0 cm³/mol. The van der Waals surface area contributed by atoms with Crippen LogP contribution in [0.3, 0.4) is 0 Å². The van der Waals surface area contributed by atoms with Crippen LogP contribution in [0.25, 0.3) is 0 Å². The molecule has 0 saturated heterocycles. The molecule has 1 heteroatoms. The average molecular weight is 273 g/mol. The monoisotopic (exact) mass is 273 g/mol. The zero-order valence-electron chi connectivity index (χ0n) is 13.3. The molecule has 1 N–H and O–H groups in total. The van der Waals surface area contributed by atoms with Crippen LogP contribution in [0.1, 0.15) is 57.9 Å². The van der Waals surface area contributed by atoms with E-state index in [9.17, 15) is 0 Å². The van der Waals surface area contributed by atoms with Crippen molar-refractivity contribution in [3.05, 3.63) is 35.9 Å². The van der Waals surface area contributed by atoms with E-state index in [0.717, 1.165) is 17.9 Å². The van der Waals surface area contributed by atoms with E-state index in [2.05, 4.69) is 49.5 Å². The van der Waals surface area contributed by atoms with E-state index in [1.165, 1.54) is 57.1 Å². The fourth-order valence-corrected chi connectivity index (χ4v) is 3.62. The first-order chi connectivity index (χ1) is 9.79. The van der Waals surface area contributed by atoms with Gasteiger partial charge in [0.2, 0.25) is 0 Å². The van der Waals surface area contributed by atoms with E-state index in [4.69, 9.17) is 0 Å². The second kappa shape index (κ2) is 8.46. The first kappa shape index (κ1) is 15.6. The lowest BCUT2D eigenvalue weighted by atomic mass is 9.91. The van der Waals surface area contributed by atoms with Crippen LogP contribution in [-0.2, 0) is 6.42 Å². The molecule has 0 amide bonds. The third-order valence-corrected chi connectivity index (χ3v) is 4.78. The summed E-state index contributed by atoms with van der Waals surface area (Å²) < 4.78 is 0. The molecule has 3 atom stereocenters. The first-order valence-corrected chi connectivity index (χ1v) is 8.57. The highest BCUT2D eigenvalue weighted by atomic mass is 14.9. The number of rotatable bonds is 8. The highest BCUT2D eigenvalue weighted by molar-refractivity contribution is 5.14. The number of aryl methyl sites for hydroxylation is 1. The smallest absolute Gasteiger partial charge is 0.00955 e. The standard InChI is InChI=1S/C19H31N/c1-3-14-20-19(18-13-12-16(2)15-18)11-7-10-17-8-5-4-6-9-17/h4-6,8-9,16,18-20H,3,7,10-15H2,1-2H3. The van der Waals surface area contributed by atoms with E-state index >= 15 is 0 Å². The lowest BCUT2D eigenvalue weighted by Gasteiger charge is -2.25. The van der Waals surface area contributed by atoms with Gasteiger partial charge in [-0.2, -0.15) is 0 Å². The van der Waals surface area contributed by atoms with Crippen molar-refractivity contribution in [2.75, 3.05) is 6.54 Å². The molecule has 1 aliphatic rings. The minimum Gasteiger partial charge on any atom is -0.314 e. The molecule has 0 radical (unpaired) electrons. The Hall–Kier alpha value is -0.820. The van der Waals surface area contributed by atoms with Gasteiger partial charge in [-0.1, -0.05) is 50.6 Å². The van der Waals surface area contributed by atoms with Crippen molar-refractivity contribution in [1.82, 2.24) is 5.32 Å². The summed E-state index contributed by atoms with van der Waals surface area (Å²) in [6, 6.07) is 11.7. The summed E-state index contributed by atoms with van der Waals surface area (Å²) in [6.45, 7) is 5.87. The summed E-state index contributed by atoms with van der Waals surface area (Å²) in [7, 11) is 0. The van der Waals surface area contributed by atoms with Crippen LogP contribution in [0.4, 0.5) is 0 Å². The number of nitrogens with one attached hydrogen (secondary N) is 1. The quantitative estimate of drug-likeness (QED) is 0.716. The first-order valence-electron chi connectivity index (χ1n) is 8.57. The SMILES string of the molecule is CCCNC(CCCc1ccccc1)C1CCC(C)C1. The van der Waals surface area contributed by atoms with Gasteiger partial charge in [0.1, 0.15) is 0 Å². The zero-order valence-corrected chi connectivity index (χ0v) is 13.3. The lowest BCUT2D eigenvalue weighted by Crippen LogP contribution is -2.36. The Kier molecular flexibility index (Phi) is 6.59. The minimum absolute atomic E-state index is 0.753. The molecule has 2 rings (SSSR count). The Labute approximate surface area is 125 Å². The normalized spacial score (nSPS) is 23.9. The molecule has 0 aromatic heterocycles. The molecule has 0 spiro atoms. The van der Waals surface area contributed by atoms with Gasteiger partial charge in [0.05, 0.1) is 0 Å². The molecular formula is C19H31N. The zero-order chi connectivity index (χ0) is 14.2. The van der Waals surface area contributed by atoms with E-state index < -0.39 is 0 Å². The maximum absolute atomic E-state index is 3.82. The van der Waals surface area contributed by atoms with Crippen LogP contribution < -0.4 is 5.32 Å². The topological polar surface area (TPSA) is 12.0 Å². The molecule has 0 aliphatic heterocycles. The summed E-state index contributed by atoms with van der Waals surface area (Å²) in [4.78, 5) is 0. The molecule has 1 nitrogen and oxygen atoms in total. The third-order valence-electron chi connectivity index (χ3n) is 4.78. The maximum atomic E-state index is 3.82. The van der Waals surface area contributed by atoms with Gasteiger partial charge in [0.15, 0.2) is 0 Å². The van der Waals surface area contributed by atoms with Crippen molar-refractivity contribution < 1.29 is 0 Å². The summed E-state index contributed by atoms with van der Waals surface area (Å²) >= 11 is 0. The van der Waals surface area contributed by atoms with E-state index in [1.807, 2.05) is 0 Å². The van der Waals surface area contributed by atoms with Gasteiger partial charge in [0, 0.05) is 6.04 Å². The van der Waals surface area contributed by atoms with E-state index in [-0.39, 0.29) is 0 Å². The molecule has 0 bridgehead atoms. The van der Waals surface area contributed by atoms with Crippen LogP contribution in [0.5, 0.6) is 0 Å². The summed E-state index contributed by atoms with van der Waals surface area (Å²) in [5.74, 6) is 1.87. The Morgan fingerprint density at radius 2 is 2.00 bits per heavy atom. The van der Waals surface area contributed by atoms with Gasteiger partial charge in [0.25, 0.3) is 0 Å². The Bertz CT molecular complexity index is 359. The van der Waals surface area contributed by atoms with Crippen LogP contribution in [0.2, 0.25) is 0 Å². The fourth-order valence-electron chi connectivity index (χ4n) is 3.62. The summed E-state index contributed by atoms with van der Waals surface area (Å²) in [5.41, 5.74) is 1.49. The van der Waals surface area contributed by atoms with Crippen LogP contribution in [-0.4, -0.2) is 12.6 Å². The molecule has 1 aromatic carbocycles. The minimum atomic E-state index is 0.753. The number of hydrogen-bond acceptors (Lipinski definition) is 1. The van der Waals surface area contributed by atoms with Crippen molar-refractivity contribution >= 4 is 0 Å². The predicted octanol–water partition coefficient (Wildman–Crippen LogP) is 4.81. The molecule has 1 aliphatic carbocycles. The fraction of sp³-hybridized carbons (Fsp3) is 0.684. The summed E-state index contributed by atoms with van der Waals surface area (Å²) in [5, 5.41) is 3.82. The van der Waals surface area contributed by atoms with Gasteiger partial charge in [-0.15, -0.1) is 0 Å². The van der Waals surface area contributed by atoms with Gasteiger partial charge in [-0.3, -0.25) is 0 Å². The second-order valence-corrected chi connectivity index (χ2v) is 6.62. The average Bonchev–Trinajstić information content (AvgIpc) is 2.90. The lowest BCUT2D eigenvalue weighted by molar-refractivity contribution is 0.328. The van der Waals surface area contributed by atoms with Crippen molar-refractivity contribution in [1.29, 1.82) is 0 Å². The molecule has 1 aromatic rings. The second-order valence-electron chi connectivity index (χ2n) is 6.62. The molecule has 3 unspecified atom stereocenters. The van der Waals surface area contributed by atoms with Gasteiger partial charge < -0.3 is 5.32 Å². The molecule has 0 heterocycles. The number of benzene rings is 1. The third kappa shape index (κ3) is 4.94. The van der Waals surface area contributed by atoms with Crippen molar-refractivity contribution in [3.8, 4) is 0 Å². The molecule has 20 heavy (non-hydrogen) atoms. The van der Waals surface area contributed by atoms with E-state index in [1.54, 1.807) is 0 Å². The number of hydrogen-bond donors (Lipinski definition) is 1. The molecular weight excluding hydrogens is 242 g/mol. The van der Waals surface area contributed by atoms with Crippen LogP contribution in [0.15, 0.2) is 30.3 Å². The largest absolute Gasteiger partial charge is 0.314 e. The molecule has 112 valence electrons. The molecule has 1 saturated carbocycles. The van der Waals surface area contributed by atoms with Gasteiger partial charge >= 0.3 is 0 Å². The van der Waals surface area contributed by atoms with Crippen LogP contribution >= 0.6 is 0 Å². The highest BCUT2D eigenvalue weighted by Gasteiger charge is 2.27. The van der Waals surface area contributed by atoms with Gasteiger partial charge in [-0.05, 0) is 62.5 Å². The Balaban J connectivity index is 1.78. The Morgan fingerprint density at radius 1 is 1.20 bits per heavy atom. The van der Waals surface area contributed by atoms with Crippen molar-refractivity contribution in [3.63, 3.8) is 0 Å². The van der Waals surface area contributed by atoms with Gasteiger partial charge in [-0.25, -0.2) is 0 Å². The maximum Gasteiger partial charge on any atom is 0.00955 e. The summed E-state index contributed by atoms with van der Waals surface area (Å²) in [6.07, 6.45) is 9.45.